The lowest BCUT2D eigenvalue weighted by Crippen LogP contribution is -2.12. The molecular formula is C16H15BrClNO2. The number of halogens is 2. The van der Waals surface area contributed by atoms with Crippen LogP contribution < -0.4 is 10.1 Å². The van der Waals surface area contributed by atoms with Crippen LogP contribution in [0.4, 0.5) is 5.69 Å². The fourth-order valence-electron chi connectivity index (χ4n) is 1.96. The van der Waals surface area contributed by atoms with E-state index in [9.17, 15) is 4.79 Å². The van der Waals surface area contributed by atoms with Gasteiger partial charge in [-0.05, 0) is 36.2 Å². The van der Waals surface area contributed by atoms with Crippen molar-refractivity contribution < 1.29 is 9.53 Å². The van der Waals surface area contributed by atoms with Crippen molar-refractivity contribution in [1.82, 2.24) is 0 Å². The highest BCUT2D eigenvalue weighted by molar-refractivity contribution is 9.10. The first kappa shape index (κ1) is 15.9. The standard InChI is InChI=1S/C16H15BrClNO2/c1-21-15-5-3-2-4-11(15)6-9-16(20)19-14-8-7-12(17)10-13(14)18/h2-5,7-8,10H,6,9H2,1H3,(H,19,20). The second-order valence-corrected chi connectivity index (χ2v) is 5.81. The van der Waals surface area contributed by atoms with Gasteiger partial charge in [0.05, 0.1) is 17.8 Å². The number of amides is 1. The Morgan fingerprint density at radius 1 is 1.29 bits per heavy atom. The first-order chi connectivity index (χ1) is 10.1. The Bertz CT molecular complexity index is 646. The third-order valence-electron chi connectivity index (χ3n) is 3.02. The molecule has 5 heteroatoms. The summed E-state index contributed by atoms with van der Waals surface area (Å²) < 4.78 is 6.14. The Labute approximate surface area is 137 Å². The lowest BCUT2D eigenvalue weighted by atomic mass is 10.1. The normalized spacial score (nSPS) is 10.2. The van der Waals surface area contributed by atoms with Gasteiger partial charge in [0, 0.05) is 10.9 Å². The molecule has 2 rings (SSSR count). The minimum absolute atomic E-state index is 0.0786. The molecule has 0 fully saturated rings. The fourth-order valence-corrected chi connectivity index (χ4v) is 2.68. The van der Waals surface area contributed by atoms with Gasteiger partial charge in [0.15, 0.2) is 0 Å². The number of nitrogens with one attached hydrogen (secondary N) is 1. The van der Waals surface area contributed by atoms with Crippen LogP contribution >= 0.6 is 27.5 Å². The van der Waals surface area contributed by atoms with E-state index in [4.69, 9.17) is 16.3 Å². The SMILES string of the molecule is COc1ccccc1CCC(=O)Nc1ccc(Br)cc1Cl. The molecule has 2 aromatic carbocycles. The van der Waals surface area contributed by atoms with E-state index in [0.717, 1.165) is 15.8 Å². The molecule has 1 amide bonds. The Balaban J connectivity index is 1.96. The van der Waals surface area contributed by atoms with E-state index in [1.165, 1.54) is 0 Å². The second-order valence-electron chi connectivity index (χ2n) is 4.48. The Kier molecular flexibility index (Phi) is 5.65. The third-order valence-corrected chi connectivity index (χ3v) is 3.83. The lowest BCUT2D eigenvalue weighted by Gasteiger charge is -2.09. The molecule has 1 N–H and O–H groups in total. The maximum absolute atomic E-state index is 12.0. The highest BCUT2D eigenvalue weighted by Crippen LogP contribution is 2.26. The minimum Gasteiger partial charge on any atom is -0.496 e. The summed E-state index contributed by atoms with van der Waals surface area (Å²) in [6.07, 6.45) is 0.983. The number of carbonyl (C=O) groups excluding carboxylic acids is 1. The first-order valence-electron chi connectivity index (χ1n) is 6.47. The van der Waals surface area contributed by atoms with Gasteiger partial charge in [-0.3, -0.25) is 4.79 Å². The van der Waals surface area contributed by atoms with E-state index in [-0.39, 0.29) is 5.91 Å². The molecule has 21 heavy (non-hydrogen) atoms. The molecule has 0 atom stereocenters. The molecule has 0 saturated heterocycles. The number of carbonyl (C=O) groups is 1. The predicted octanol–water partition coefficient (Wildman–Crippen LogP) is 4.68. The summed E-state index contributed by atoms with van der Waals surface area (Å²) in [6, 6.07) is 13.0. The molecule has 0 aliphatic heterocycles. The topological polar surface area (TPSA) is 38.3 Å². The Morgan fingerprint density at radius 2 is 2.05 bits per heavy atom. The van der Waals surface area contributed by atoms with Crippen molar-refractivity contribution in [3.05, 3.63) is 57.5 Å². The first-order valence-corrected chi connectivity index (χ1v) is 7.64. The molecular weight excluding hydrogens is 354 g/mol. The van der Waals surface area contributed by atoms with Crippen LogP contribution in [0.25, 0.3) is 0 Å². The van der Waals surface area contributed by atoms with Crippen molar-refractivity contribution >= 4 is 39.1 Å². The molecule has 0 spiro atoms. The van der Waals surface area contributed by atoms with E-state index in [1.54, 1.807) is 19.2 Å². The van der Waals surface area contributed by atoms with Crippen LogP contribution in [0, 0.1) is 0 Å². The zero-order valence-electron chi connectivity index (χ0n) is 11.5. The average Bonchev–Trinajstić information content (AvgIpc) is 2.48. The van der Waals surface area contributed by atoms with Crippen molar-refractivity contribution in [2.24, 2.45) is 0 Å². The van der Waals surface area contributed by atoms with Crippen LogP contribution in [-0.2, 0) is 11.2 Å². The number of ether oxygens (including phenoxy) is 1. The highest BCUT2D eigenvalue weighted by Gasteiger charge is 2.08. The van der Waals surface area contributed by atoms with Gasteiger partial charge in [0.2, 0.25) is 5.91 Å². The molecule has 0 aromatic heterocycles. The van der Waals surface area contributed by atoms with Crippen LogP contribution in [0.15, 0.2) is 46.9 Å². The summed E-state index contributed by atoms with van der Waals surface area (Å²) in [4.78, 5) is 12.0. The quantitative estimate of drug-likeness (QED) is 0.832. The molecule has 110 valence electrons. The van der Waals surface area contributed by atoms with Gasteiger partial charge in [0.1, 0.15) is 5.75 Å². The second kappa shape index (κ2) is 7.48. The zero-order valence-corrected chi connectivity index (χ0v) is 13.9. The molecule has 0 aliphatic carbocycles. The highest BCUT2D eigenvalue weighted by atomic mass is 79.9. The zero-order chi connectivity index (χ0) is 15.2. The summed E-state index contributed by atoms with van der Waals surface area (Å²) in [6.45, 7) is 0. The summed E-state index contributed by atoms with van der Waals surface area (Å²) >= 11 is 9.40. The number of benzene rings is 2. The molecule has 2 aromatic rings. The van der Waals surface area contributed by atoms with Gasteiger partial charge in [-0.2, -0.15) is 0 Å². The van der Waals surface area contributed by atoms with E-state index in [1.807, 2.05) is 30.3 Å². The summed E-state index contributed by atoms with van der Waals surface area (Å²) in [5.41, 5.74) is 1.63. The van der Waals surface area contributed by atoms with Crippen LogP contribution in [0.2, 0.25) is 5.02 Å². The van der Waals surface area contributed by atoms with Crippen LogP contribution in [0.5, 0.6) is 5.75 Å². The van der Waals surface area contributed by atoms with E-state index in [0.29, 0.717) is 23.6 Å². The van der Waals surface area contributed by atoms with E-state index in [2.05, 4.69) is 21.2 Å². The number of methoxy groups -OCH3 is 1. The number of rotatable bonds is 5. The number of hydrogen-bond acceptors (Lipinski definition) is 2. The van der Waals surface area contributed by atoms with E-state index >= 15 is 0 Å². The van der Waals surface area contributed by atoms with Crippen molar-refractivity contribution in [1.29, 1.82) is 0 Å². The number of hydrogen-bond donors (Lipinski definition) is 1. The molecule has 0 radical (unpaired) electrons. The Morgan fingerprint density at radius 3 is 2.76 bits per heavy atom. The lowest BCUT2D eigenvalue weighted by molar-refractivity contribution is -0.116. The molecule has 0 heterocycles. The average molecular weight is 369 g/mol. The van der Waals surface area contributed by atoms with Crippen LogP contribution in [0.1, 0.15) is 12.0 Å². The van der Waals surface area contributed by atoms with Crippen molar-refractivity contribution in [2.45, 2.75) is 12.8 Å². The van der Waals surface area contributed by atoms with Gasteiger partial charge < -0.3 is 10.1 Å². The molecule has 0 saturated carbocycles. The summed E-state index contributed by atoms with van der Waals surface area (Å²) in [5.74, 6) is 0.720. The predicted molar refractivity (Wildman–Crippen MR) is 89.1 cm³/mol. The van der Waals surface area contributed by atoms with Crippen molar-refractivity contribution in [3.8, 4) is 5.75 Å². The van der Waals surface area contributed by atoms with Gasteiger partial charge in [-0.15, -0.1) is 0 Å². The monoisotopic (exact) mass is 367 g/mol. The van der Waals surface area contributed by atoms with Gasteiger partial charge in [-0.1, -0.05) is 45.7 Å². The van der Waals surface area contributed by atoms with Gasteiger partial charge in [-0.25, -0.2) is 0 Å². The number of anilines is 1. The number of aryl methyl sites for hydroxylation is 1. The fraction of sp³-hybridized carbons (Fsp3) is 0.188. The largest absolute Gasteiger partial charge is 0.496 e. The molecule has 0 aliphatic rings. The van der Waals surface area contributed by atoms with Crippen molar-refractivity contribution in [3.63, 3.8) is 0 Å². The smallest absolute Gasteiger partial charge is 0.224 e. The van der Waals surface area contributed by atoms with E-state index < -0.39 is 0 Å². The maximum Gasteiger partial charge on any atom is 0.224 e. The summed E-state index contributed by atoms with van der Waals surface area (Å²) in [7, 11) is 1.63. The minimum atomic E-state index is -0.0786. The number of para-hydroxylation sites is 1. The van der Waals surface area contributed by atoms with Gasteiger partial charge in [0.25, 0.3) is 0 Å². The molecule has 0 unspecified atom stereocenters. The Hall–Kier alpha value is -1.52. The summed E-state index contributed by atoms with van der Waals surface area (Å²) in [5, 5.41) is 3.32. The van der Waals surface area contributed by atoms with Gasteiger partial charge >= 0.3 is 0 Å². The molecule has 3 nitrogen and oxygen atoms in total. The third kappa shape index (κ3) is 4.48. The van der Waals surface area contributed by atoms with Crippen LogP contribution in [-0.4, -0.2) is 13.0 Å². The molecule has 0 bridgehead atoms. The maximum atomic E-state index is 12.0. The van der Waals surface area contributed by atoms with Crippen LogP contribution in [0.3, 0.4) is 0 Å². The van der Waals surface area contributed by atoms with Crippen molar-refractivity contribution in [2.75, 3.05) is 12.4 Å².